The van der Waals surface area contributed by atoms with E-state index in [-0.39, 0.29) is 0 Å². The Bertz CT molecular complexity index is 543. The van der Waals surface area contributed by atoms with E-state index in [0.717, 1.165) is 11.8 Å². The smallest absolute Gasteiger partial charge is 0.130 e. The van der Waals surface area contributed by atoms with Crippen molar-refractivity contribution in [3.8, 4) is 0 Å². The maximum Gasteiger partial charge on any atom is 0.130 e. The van der Waals surface area contributed by atoms with Crippen LogP contribution >= 0.6 is 11.6 Å². The molecular formula is C14H12ClF2N. The van der Waals surface area contributed by atoms with Crippen LogP contribution in [0.5, 0.6) is 0 Å². The minimum Gasteiger partial charge on any atom is -0.261 e. The molecule has 0 aliphatic carbocycles. The summed E-state index contributed by atoms with van der Waals surface area (Å²) in [4.78, 5) is 4.13. The van der Waals surface area contributed by atoms with Gasteiger partial charge in [-0.2, -0.15) is 0 Å². The lowest BCUT2D eigenvalue weighted by atomic mass is 10.0. The van der Waals surface area contributed by atoms with Crippen molar-refractivity contribution in [1.82, 2.24) is 4.98 Å². The maximum atomic E-state index is 13.6. The lowest BCUT2D eigenvalue weighted by Gasteiger charge is -2.11. The fourth-order valence-corrected chi connectivity index (χ4v) is 2.06. The molecule has 1 aromatic carbocycles. The number of nitrogens with zero attached hydrogens (tertiary/aromatic N) is 1. The first-order valence-corrected chi connectivity index (χ1v) is 6.01. The van der Waals surface area contributed by atoms with E-state index in [1.165, 1.54) is 6.07 Å². The molecule has 0 aliphatic heterocycles. The third-order valence-corrected chi connectivity index (χ3v) is 3.12. The van der Waals surface area contributed by atoms with Gasteiger partial charge in [-0.15, -0.1) is 11.6 Å². The molecule has 1 heterocycles. The van der Waals surface area contributed by atoms with Crippen LogP contribution in [0.25, 0.3) is 0 Å². The van der Waals surface area contributed by atoms with Gasteiger partial charge < -0.3 is 0 Å². The van der Waals surface area contributed by atoms with Gasteiger partial charge in [-0.1, -0.05) is 6.07 Å². The highest BCUT2D eigenvalue weighted by Gasteiger charge is 2.16. The lowest BCUT2D eigenvalue weighted by molar-refractivity contribution is 0.564. The Kier molecular flexibility index (Phi) is 3.92. The normalized spacial score (nSPS) is 12.4. The molecule has 1 nitrogen and oxygen atoms in total. The zero-order valence-corrected chi connectivity index (χ0v) is 10.6. The monoisotopic (exact) mass is 267 g/mol. The number of pyridine rings is 1. The van der Waals surface area contributed by atoms with Gasteiger partial charge >= 0.3 is 0 Å². The predicted octanol–water partition coefficient (Wildman–Crippen LogP) is 4.19. The molecule has 94 valence electrons. The molecule has 2 rings (SSSR count). The van der Waals surface area contributed by atoms with Gasteiger partial charge in [0.25, 0.3) is 0 Å². The van der Waals surface area contributed by atoms with Gasteiger partial charge in [0.2, 0.25) is 0 Å². The van der Waals surface area contributed by atoms with E-state index >= 15 is 0 Å². The minimum atomic E-state index is -0.617. The van der Waals surface area contributed by atoms with Gasteiger partial charge in [-0.05, 0) is 30.7 Å². The second kappa shape index (κ2) is 5.44. The topological polar surface area (TPSA) is 12.9 Å². The highest BCUT2D eigenvalue weighted by atomic mass is 35.5. The molecule has 0 saturated heterocycles. The molecule has 0 saturated carbocycles. The average Bonchev–Trinajstić information content (AvgIpc) is 2.35. The fraction of sp³-hybridized carbons (Fsp3) is 0.214. The van der Waals surface area contributed by atoms with E-state index < -0.39 is 17.0 Å². The number of benzene rings is 1. The third-order valence-electron chi connectivity index (χ3n) is 2.73. The van der Waals surface area contributed by atoms with Crippen LogP contribution in [0, 0.1) is 18.6 Å². The molecule has 0 aliphatic rings. The second-order valence-electron chi connectivity index (χ2n) is 4.12. The molecule has 1 atom stereocenters. The summed E-state index contributed by atoms with van der Waals surface area (Å²) in [7, 11) is 0. The van der Waals surface area contributed by atoms with Gasteiger partial charge in [-0.3, -0.25) is 4.98 Å². The van der Waals surface area contributed by atoms with Crippen LogP contribution in [-0.2, 0) is 6.42 Å². The van der Waals surface area contributed by atoms with Gasteiger partial charge in [0.15, 0.2) is 0 Å². The summed E-state index contributed by atoms with van der Waals surface area (Å²) in [6.07, 6.45) is 2.07. The van der Waals surface area contributed by atoms with Crippen molar-refractivity contribution in [2.24, 2.45) is 0 Å². The third kappa shape index (κ3) is 2.85. The Morgan fingerprint density at radius 3 is 2.67 bits per heavy atom. The summed E-state index contributed by atoms with van der Waals surface area (Å²) in [5.74, 6) is -1.17. The Labute approximate surface area is 109 Å². The molecule has 0 spiro atoms. The van der Waals surface area contributed by atoms with E-state index in [1.54, 1.807) is 19.2 Å². The summed E-state index contributed by atoms with van der Waals surface area (Å²) in [5, 5.41) is -0.556. The van der Waals surface area contributed by atoms with Crippen LogP contribution in [-0.4, -0.2) is 4.98 Å². The fourth-order valence-electron chi connectivity index (χ4n) is 1.73. The summed E-state index contributed by atoms with van der Waals surface area (Å²) >= 11 is 6.17. The molecule has 18 heavy (non-hydrogen) atoms. The van der Waals surface area contributed by atoms with Crippen LogP contribution in [0.15, 0.2) is 36.5 Å². The van der Waals surface area contributed by atoms with Crippen LogP contribution in [0.4, 0.5) is 8.78 Å². The molecule has 2 aromatic rings. The first-order valence-electron chi connectivity index (χ1n) is 5.57. The van der Waals surface area contributed by atoms with E-state index in [1.807, 2.05) is 12.1 Å². The molecule has 4 heteroatoms. The molecular weight excluding hydrogens is 256 g/mol. The first kappa shape index (κ1) is 13.0. The first-order chi connectivity index (χ1) is 8.58. The summed E-state index contributed by atoms with van der Waals surface area (Å²) in [6.45, 7) is 1.59. The van der Waals surface area contributed by atoms with Crippen molar-refractivity contribution in [2.45, 2.75) is 18.7 Å². The minimum absolute atomic E-state index is 0.307. The summed E-state index contributed by atoms with van der Waals surface area (Å²) < 4.78 is 26.8. The van der Waals surface area contributed by atoms with Crippen LogP contribution in [0.1, 0.15) is 22.2 Å². The van der Waals surface area contributed by atoms with Crippen molar-refractivity contribution >= 4 is 11.6 Å². The largest absolute Gasteiger partial charge is 0.261 e. The van der Waals surface area contributed by atoms with Crippen molar-refractivity contribution in [1.29, 1.82) is 0 Å². The lowest BCUT2D eigenvalue weighted by Crippen LogP contribution is -2.02. The Morgan fingerprint density at radius 1 is 1.22 bits per heavy atom. The van der Waals surface area contributed by atoms with Crippen molar-refractivity contribution < 1.29 is 8.78 Å². The van der Waals surface area contributed by atoms with E-state index in [2.05, 4.69) is 4.98 Å². The number of hydrogen-bond acceptors (Lipinski definition) is 1. The SMILES string of the molecule is Cc1cc(C(Cl)Cc2ccccn2)c(F)cc1F. The number of hydrogen-bond donors (Lipinski definition) is 0. The number of aryl methyl sites for hydroxylation is 1. The predicted molar refractivity (Wildman–Crippen MR) is 67.6 cm³/mol. The quantitative estimate of drug-likeness (QED) is 0.760. The van der Waals surface area contributed by atoms with E-state index in [9.17, 15) is 8.78 Å². The van der Waals surface area contributed by atoms with E-state index in [4.69, 9.17) is 11.6 Å². The summed E-state index contributed by atoms with van der Waals surface area (Å²) in [6, 6.07) is 7.79. The van der Waals surface area contributed by atoms with Crippen LogP contribution in [0.3, 0.4) is 0 Å². The highest BCUT2D eigenvalue weighted by molar-refractivity contribution is 6.20. The second-order valence-corrected chi connectivity index (χ2v) is 4.64. The summed E-state index contributed by atoms with van der Waals surface area (Å²) in [5.41, 5.74) is 1.47. The van der Waals surface area contributed by atoms with Gasteiger partial charge in [0.1, 0.15) is 11.6 Å². The molecule has 0 radical (unpaired) electrons. The van der Waals surface area contributed by atoms with Crippen molar-refractivity contribution in [2.75, 3.05) is 0 Å². The van der Waals surface area contributed by atoms with Crippen molar-refractivity contribution in [3.63, 3.8) is 0 Å². The standard InChI is InChI=1S/C14H12ClF2N/c1-9-6-11(14(17)8-13(9)16)12(15)7-10-4-2-3-5-18-10/h2-6,8,12H,7H2,1H3. The van der Waals surface area contributed by atoms with Gasteiger partial charge in [-0.25, -0.2) is 8.78 Å². The van der Waals surface area contributed by atoms with Gasteiger partial charge in [0, 0.05) is 29.9 Å². The Morgan fingerprint density at radius 2 is 2.00 bits per heavy atom. The Hall–Kier alpha value is -1.48. The van der Waals surface area contributed by atoms with Crippen molar-refractivity contribution in [3.05, 3.63) is 65.0 Å². The average molecular weight is 268 g/mol. The maximum absolute atomic E-state index is 13.6. The number of rotatable bonds is 3. The van der Waals surface area contributed by atoms with Gasteiger partial charge in [0.05, 0.1) is 5.38 Å². The molecule has 1 unspecified atom stereocenters. The molecule has 0 N–H and O–H groups in total. The Balaban J connectivity index is 2.24. The number of aromatic nitrogens is 1. The molecule has 0 bridgehead atoms. The van der Waals surface area contributed by atoms with E-state index in [0.29, 0.717) is 17.5 Å². The van der Waals surface area contributed by atoms with Crippen LogP contribution < -0.4 is 0 Å². The number of alkyl halides is 1. The molecule has 0 fully saturated rings. The van der Waals surface area contributed by atoms with Crippen LogP contribution in [0.2, 0.25) is 0 Å². The zero-order chi connectivity index (χ0) is 13.1. The zero-order valence-electron chi connectivity index (χ0n) is 9.83. The number of halogens is 3. The molecule has 0 amide bonds. The highest BCUT2D eigenvalue weighted by Crippen LogP contribution is 2.28. The molecule has 1 aromatic heterocycles.